The van der Waals surface area contributed by atoms with Crippen molar-refractivity contribution in [2.24, 2.45) is 5.92 Å². The molecule has 2 aliphatic rings. The van der Waals surface area contributed by atoms with Crippen LogP contribution in [0.25, 0.3) is 11.1 Å². The third-order valence-corrected chi connectivity index (χ3v) is 6.14. The first-order chi connectivity index (χ1) is 14.6. The molecule has 10 heteroatoms. The molecule has 0 saturated heterocycles. The van der Waals surface area contributed by atoms with Gasteiger partial charge in [-0.2, -0.15) is 5.10 Å². The SMILES string of the molecule is CC(=O)N1c2ccc(-c3cnn(CCO)c3)cc2N(C(=O)O)C(C2CC(F)(F)C2)[C@@H]1C. The zero-order valence-electron chi connectivity index (χ0n) is 17.2. The number of nitrogens with zero attached hydrogens (tertiary/aromatic N) is 4. The molecular formula is C21H24F2N4O4. The smallest absolute Gasteiger partial charge is 0.412 e. The first kappa shape index (κ1) is 21.2. The van der Waals surface area contributed by atoms with Gasteiger partial charge in [0.05, 0.1) is 42.8 Å². The molecule has 31 heavy (non-hydrogen) atoms. The second-order valence-corrected chi connectivity index (χ2v) is 8.22. The zero-order valence-corrected chi connectivity index (χ0v) is 17.2. The Kier molecular flexibility index (Phi) is 5.20. The number of amides is 2. The number of fused-ring (bicyclic) bond motifs is 1. The van der Waals surface area contributed by atoms with E-state index in [4.69, 9.17) is 5.11 Å². The van der Waals surface area contributed by atoms with E-state index in [2.05, 4.69) is 5.10 Å². The minimum Gasteiger partial charge on any atom is -0.465 e. The van der Waals surface area contributed by atoms with Crippen LogP contribution >= 0.6 is 0 Å². The summed E-state index contributed by atoms with van der Waals surface area (Å²) in [5.41, 5.74) is 2.09. The summed E-state index contributed by atoms with van der Waals surface area (Å²) >= 11 is 0. The fourth-order valence-corrected chi connectivity index (χ4v) is 4.83. The van der Waals surface area contributed by atoms with E-state index in [1.807, 2.05) is 0 Å². The standard InChI is InChI=1S/C21H24F2N4O4/c1-12-19(15-8-21(22,23)9-15)27(20(30)31)18-7-14(3-4-17(18)26(12)13(2)29)16-10-24-25(11-16)5-6-28/h3-4,7,10-12,15,19,28H,5-6,8-9H2,1-2H3,(H,30,31)/t12-,19?/m0/s1. The number of aromatic nitrogens is 2. The van der Waals surface area contributed by atoms with Crippen LogP contribution in [0.15, 0.2) is 30.6 Å². The number of hydrogen-bond acceptors (Lipinski definition) is 4. The molecule has 1 fully saturated rings. The van der Waals surface area contributed by atoms with Crippen LogP contribution < -0.4 is 9.80 Å². The van der Waals surface area contributed by atoms with E-state index in [-0.39, 0.29) is 18.2 Å². The van der Waals surface area contributed by atoms with Crippen molar-refractivity contribution in [1.29, 1.82) is 0 Å². The van der Waals surface area contributed by atoms with Gasteiger partial charge in [-0.25, -0.2) is 13.6 Å². The highest BCUT2D eigenvalue weighted by Gasteiger charge is 2.55. The van der Waals surface area contributed by atoms with E-state index >= 15 is 0 Å². The average Bonchev–Trinajstić information content (AvgIpc) is 3.13. The van der Waals surface area contributed by atoms with Crippen LogP contribution in [-0.4, -0.2) is 56.6 Å². The number of hydrogen-bond donors (Lipinski definition) is 2. The van der Waals surface area contributed by atoms with Crippen molar-refractivity contribution in [2.75, 3.05) is 16.4 Å². The predicted octanol–water partition coefficient (Wildman–Crippen LogP) is 3.20. The number of anilines is 2. The quantitative estimate of drug-likeness (QED) is 0.770. The summed E-state index contributed by atoms with van der Waals surface area (Å²) in [5.74, 6) is -3.63. The third kappa shape index (κ3) is 3.65. The summed E-state index contributed by atoms with van der Waals surface area (Å²) in [6.45, 7) is 3.33. The normalized spacial score (nSPS) is 22.7. The van der Waals surface area contributed by atoms with Crippen LogP contribution in [0, 0.1) is 5.92 Å². The van der Waals surface area contributed by atoms with Crippen molar-refractivity contribution in [3.05, 3.63) is 30.6 Å². The van der Waals surface area contributed by atoms with Crippen LogP contribution in [0.5, 0.6) is 0 Å². The lowest BCUT2D eigenvalue weighted by Gasteiger charge is -2.52. The number of rotatable bonds is 4. The number of benzene rings is 1. The molecule has 1 aliphatic carbocycles. The molecule has 0 bridgehead atoms. The first-order valence-corrected chi connectivity index (χ1v) is 10.1. The summed E-state index contributed by atoms with van der Waals surface area (Å²) in [5, 5.41) is 23.3. The predicted molar refractivity (Wildman–Crippen MR) is 109 cm³/mol. The number of carbonyl (C=O) groups excluding carboxylic acids is 1. The molecule has 2 aromatic rings. The summed E-state index contributed by atoms with van der Waals surface area (Å²) in [7, 11) is 0. The summed E-state index contributed by atoms with van der Waals surface area (Å²) in [4.78, 5) is 27.4. The molecule has 1 saturated carbocycles. The second-order valence-electron chi connectivity index (χ2n) is 8.22. The number of carbonyl (C=O) groups is 2. The Morgan fingerprint density at radius 2 is 1.90 bits per heavy atom. The Balaban J connectivity index is 1.80. The molecule has 0 radical (unpaired) electrons. The summed E-state index contributed by atoms with van der Waals surface area (Å²) in [6, 6.07) is 3.73. The van der Waals surface area contributed by atoms with Crippen LogP contribution in [0.2, 0.25) is 0 Å². The Labute approximate surface area is 177 Å². The van der Waals surface area contributed by atoms with Gasteiger partial charge in [-0.1, -0.05) is 6.07 Å². The zero-order chi connectivity index (χ0) is 22.5. The van der Waals surface area contributed by atoms with Crippen molar-refractivity contribution in [1.82, 2.24) is 9.78 Å². The van der Waals surface area contributed by atoms with Gasteiger partial charge >= 0.3 is 6.09 Å². The van der Waals surface area contributed by atoms with Gasteiger partial charge < -0.3 is 15.1 Å². The van der Waals surface area contributed by atoms with Crippen molar-refractivity contribution >= 4 is 23.4 Å². The Bertz CT molecular complexity index is 1020. The van der Waals surface area contributed by atoms with Gasteiger partial charge in [0.2, 0.25) is 11.8 Å². The van der Waals surface area contributed by atoms with E-state index in [0.717, 1.165) is 4.90 Å². The van der Waals surface area contributed by atoms with E-state index in [1.54, 1.807) is 42.2 Å². The minimum atomic E-state index is -2.81. The Morgan fingerprint density at radius 3 is 2.48 bits per heavy atom. The fraction of sp³-hybridized carbons (Fsp3) is 0.476. The van der Waals surface area contributed by atoms with Crippen molar-refractivity contribution in [3.8, 4) is 11.1 Å². The van der Waals surface area contributed by atoms with Gasteiger partial charge in [0.25, 0.3) is 0 Å². The highest BCUT2D eigenvalue weighted by atomic mass is 19.3. The van der Waals surface area contributed by atoms with E-state index in [9.17, 15) is 23.5 Å². The van der Waals surface area contributed by atoms with Gasteiger partial charge in [0.1, 0.15) is 0 Å². The molecule has 2 N–H and O–H groups in total. The lowest BCUT2D eigenvalue weighted by molar-refractivity contribution is -0.121. The lowest BCUT2D eigenvalue weighted by atomic mass is 9.72. The molecular weight excluding hydrogens is 410 g/mol. The van der Waals surface area contributed by atoms with Crippen molar-refractivity contribution in [2.45, 2.75) is 51.2 Å². The number of alkyl halides is 2. The number of carboxylic acid groups (broad SMARTS) is 1. The van der Waals surface area contributed by atoms with E-state index in [0.29, 0.717) is 23.4 Å². The van der Waals surface area contributed by atoms with E-state index in [1.165, 1.54) is 11.8 Å². The number of aliphatic hydroxyl groups excluding tert-OH is 1. The molecule has 2 atom stereocenters. The number of aliphatic hydroxyl groups is 1. The fourth-order valence-electron chi connectivity index (χ4n) is 4.83. The molecule has 8 nitrogen and oxygen atoms in total. The molecule has 1 aliphatic heterocycles. The second kappa shape index (κ2) is 7.60. The van der Waals surface area contributed by atoms with Gasteiger partial charge in [-0.05, 0) is 30.5 Å². The molecule has 0 spiro atoms. The molecule has 4 rings (SSSR count). The molecule has 1 aromatic carbocycles. The maximum atomic E-state index is 13.6. The van der Waals surface area contributed by atoms with Gasteiger partial charge in [-0.3, -0.25) is 14.4 Å². The topological polar surface area (TPSA) is 98.9 Å². The first-order valence-electron chi connectivity index (χ1n) is 10.1. The van der Waals surface area contributed by atoms with Crippen molar-refractivity contribution in [3.63, 3.8) is 0 Å². The van der Waals surface area contributed by atoms with Crippen molar-refractivity contribution < 1.29 is 28.6 Å². The number of halogens is 2. The maximum Gasteiger partial charge on any atom is 0.412 e. The minimum absolute atomic E-state index is 0.0722. The molecule has 2 heterocycles. The Morgan fingerprint density at radius 1 is 1.19 bits per heavy atom. The average molecular weight is 434 g/mol. The van der Waals surface area contributed by atoms with Gasteiger partial charge in [-0.15, -0.1) is 0 Å². The summed E-state index contributed by atoms with van der Waals surface area (Å²) in [6.07, 6.45) is 1.27. The van der Waals surface area contributed by atoms with Gasteiger partial charge in [0.15, 0.2) is 0 Å². The molecule has 166 valence electrons. The van der Waals surface area contributed by atoms with Crippen LogP contribution in [0.3, 0.4) is 0 Å². The molecule has 1 unspecified atom stereocenters. The lowest BCUT2D eigenvalue weighted by Crippen LogP contribution is -2.63. The largest absolute Gasteiger partial charge is 0.465 e. The molecule has 2 amide bonds. The molecule has 1 aromatic heterocycles. The van der Waals surface area contributed by atoms with Crippen LogP contribution in [-0.2, 0) is 11.3 Å². The highest BCUT2D eigenvalue weighted by Crippen LogP contribution is 2.51. The third-order valence-electron chi connectivity index (χ3n) is 6.14. The Hall–Kier alpha value is -3.01. The summed E-state index contributed by atoms with van der Waals surface area (Å²) < 4.78 is 28.8. The monoisotopic (exact) mass is 434 g/mol. The van der Waals surface area contributed by atoms with Gasteiger partial charge in [0, 0.05) is 31.5 Å². The van der Waals surface area contributed by atoms with Crippen LogP contribution in [0.1, 0.15) is 26.7 Å². The highest BCUT2D eigenvalue weighted by molar-refractivity contribution is 6.03. The van der Waals surface area contributed by atoms with Crippen LogP contribution in [0.4, 0.5) is 25.0 Å². The van der Waals surface area contributed by atoms with E-state index < -0.39 is 42.9 Å². The maximum absolute atomic E-state index is 13.6.